The third kappa shape index (κ3) is 2.25. The summed E-state index contributed by atoms with van der Waals surface area (Å²) in [5, 5.41) is 3.48. The van der Waals surface area contributed by atoms with E-state index in [1.165, 1.54) is 18.4 Å². The molecular weight excluding hydrogens is 296 g/mol. The van der Waals surface area contributed by atoms with Crippen LogP contribution in [0.25, 0.3) is 0 Å². The van der Waals surface area contributed by atoms with Crippen molar-refractivity contribution in [2.75, 3.05) is 4.72 Å². The van der Waals surface area contributed by atoms with Gasteiger partial charge in [-0.1, -0.05) is 17.3 Å². The van der Waals surface area contributed by atoms with E-state index >= 15 is 0 Å². The van der Waals surface area contributed by atoms with Crippen molar-refractivity contribution in [3.8, 4) is 0 Å². The van der Waals surface area contributed by atoms with Gasteiger partial charge < -0.3 is 4.52 Å². The first kappa shape index (κ1) is 11.2. The van der Waals surface area contributed by atoms with Crippen molar-refractivity contribution in [3.05, 3.63) is 41.1 Å². The van der Waals surface area contributed by atoms with Gasteiger partial charge >= 0.3 is 0 Å². The van der Waals surface area contributed by atoms with E-state index in [4.69, 9.17) is 0 Å². The topological polar surface area (TPSA) is 72.2 Å². The van der Waals surface area contributed by atoms with Crippen molar-refractivity contribution in [3.63, 3.8) is 0 Å². The van der Waals surface area contributed by atoms with Gasteiger partial charge in [0.1, 0.15) is 11.2 Å². The summed E-state index contributed by atoms with van der Waals surface area (Å²) in [6, 6.07) is 7.94. The van der Waals surface area contributed by atoms with Crippen LogP contribution >= 0.6 is 15.9 Å². The molecule has 16 heavy (non-hydrogen) atoms. The number of sulfonamides is 1. The Morgan fingerprint density at radius 2 is 2.00 bits per heavy atom. The zero-order chi connectivity index (χ0) is 11.6. The fraction of sp³-hybridized carbons (Fsp3) is 0. The maximum Gasteiger partial charge on any atom is 0.264 e. The standard InChI is InChI=1S/C9H7BrN2O3S/c10-7-3-1-2-4-8(7)16(13,14)12-9-5-6-15-11-9/h1-6H,(H,11,12). The number of anilines is 1. The molecule has 0 aliphatic carbocycles. The smallest absolute Gasteiger partial charge is 0.264 e. The molecule has 0 saturated carbocycles. The Labute approximate surface area is 101 Å². The first-order valence-electron chi connectivity index (χ1n) is 4.27. The molecule has 0 aliphatic heterocycles. The molecule has 0 aliphatic rings. The number of rotatable bonds is 3. The van der Waals surface area contributed by atoms with Crippen LogP contribution in [0, 0.1) is 0 Å². The van der Waals surface area contributed by atoms with Crippen molar-refractivity contribution in [1.29, 1.82) is 0 Å². The lowest BCUT2D eigenvalue weighted by Gasteiger charge is -2.06. The van der Waals surface area contributed by atoms with E-state index in [0.29, 0.717) is 4.47 Å². The lowest BCUT2D eigenvalue weighted by Crippen LogP contribution is -2.13. The zero-order valence-electron chi connectivity index (χ0n) is 7.92. The Bertz CT molecular complexity index is 581. The van der Waals surface area contributed by atoms with Gasteiger partial charge in [0.05, 0.1) is 0 Å². The van der Waals surface area contributed by atoms with Crippen LogP contribution in [0.1, 0.15) is 0 Å². The lowest BCUT2D eigenvalue weighted by atomic mass is 10.4. The molecule has 84 valence electrons. The molecular formula is C9H7BrN2O3S. The molecule has 7 heteroatoms. The Morgan fingerprint density at radius 3 is 2.62 bits per heavy atom. The zero-order valence-corrected chi connectivity index (χ0v) is 10.3. The predicted molar refractivity (Wildman–Crippen MR) is 61.5 cm³/mol. The van der Waals surface area contributed by atoms with Gasteiger partial charge in [-0.3, -0.25) is 4.72 Å². The van der Waals surface area contributed by atoms with Crippen molar-refractivity contribution in [2.24, 2.45) is 0 Å². The van der Waals surface area contributed by atoms with Gasteiger partial charge in [-0.25, -0.2) is 8.42 Å². The number of nitrogens with zero attached hydrogens (tertiary/aromatic N) is 1. The third-order valence-electron chi connectivity index (χ3n) is 1.80. The minimum absolute atomic E-state index is 0.149. The van der Waals surface area contributed by atoms with E-state index in [1.54, 1.807) is 18.2 Å². The van der Waals surface area contributed by atoms with Crippen LogP contribution < -0.4 is 4.72 Å². The molecule has 0 bridgehead atoms. The summed E-state index contributed by atoms with van der Waals surface area (Å²) in [5.74, 6) is 0.149. The quantitative estimate of drug-likeness (QED) is 0.944. The summed E-state index contributed by atoms with van der Waals surface area (Å²) in [4.78, 5) is 0.151. The van der Waals surface area contributed by atoms with E-state index in [0.717, 1.165) is 0 Å². The van der Waals surface area contributed by atoms with Crippen LogP contribution in [0.3, 0.4) is 0 Å². The van der Waals surface area contributed by atoms with Crippen LogP contribution in [-0.2, 0) is 10.0 Å². The van der Waals surface area contributed by atoms with Crippen LogP contribution in [0.4, 0.5) is 5.82 Å². The van der Waals surface area contributed by atoms with Gasteiger partial charge in [-0.05, 0) is 28.1 Å². The Balaban J connectivity index is 2.37. The summed E-state index contributed by atoms with van der Waals surface area (Å²) >= 11 is 3.17. The van der Waals surface area contributed by atoms with Gasteiger partial charge in [0, 0.05) is 10.5 Å². The van der Waals surface area contributed by atoms with Gasteiger partial charge in [0.2, 0.25) is 0 Å². The van der Waals surface area contributed by atoms with Crippen molar-refractivity contribution >= 4 is 31.8 Å². The molecule has 2 rings (SSSR count). The molecule has 1 heterocycles. The molecule has 2 aromatic rings. The van der Waals surface area contributed by atoms with E-state index < -0.39 is 10.0 Å². The highest BCUT2D eigenvalue weighted by Crippen LogP contribution is 2.22. The monoisotopic (exact) mass is 302 g/mol. The van der Waals surface area contributed by atoms with Crippen LogP contribution in [0.2, 0.25) is 0 Å². The number of hydrogen-bond donors (Lipinski definition) is 1. The highest BCUT2D eigenvalue weighted by molar-refractivity contribution is 9.10. The largest absolute Gasteiger partial charge is 0.363 e. The fourth-order valence-electron chi connectivity index (χ4n) is 1.12. The molecule has 0 amide bonds. The minimum atomic E-state index is -3.63. The number of nitrogens with one attached hydrogen (secondary N) is 1. The first-order valence-corrected chi connectivity index (χ1v) is 6.55. The second kappa shape index (κ2) is 4.26. The fourth-order valence-corrected chi connectivity index (χ4v) is 3.12. The van der Waals surface area contributed by atoms with E-state index in [9.17, 15) is 8.42 Å². The van der Waals surface area contributed by atoms with Gasteiger partial charge in [-0.15, -0.1) is 0 Å². The highest BCUT2D eigenvalue weighted by Gasteiger charge is 2.17. The van der Waals surface area contributed by atoms with E-state index in [2.05, 4.69) is 30.3 Å². The molecule has 5 nitrogen and oxygen atoms in total. The normalized spacial score (nSPS) is 11.3. The summed E-state index contributed by atoms with van der Waals surface area (Å²) in [7, 11) is -3.63. The average Bonchev–Trinajstić information content (AvgIpc) is 2.70. The van der Waals surface area contributed by atoms with Crippen LogP contribution in [0.15, 0.2) is 50.5 Å². The number of hydrogen-bond acceptors (Lipinski definition) is 4. The Kier molecular flexibility index (Phi) is 2.97. The molecule has 1 N–H and O–H groups in total. The summed E-state index contributed by atoms with van der Waals surface area (Å²) < 4.78 is 31.1. The predicted octanol–water partition coefficient (Wildman–Crippen LogP) is 2.24. The van der Waals surface area contributed by atoms with E-state index in [1.807, 2.05) is 0 Å². The average molecular weight is 303 g/mol. The van der Waals surface area contributed by atoms with E-state index in [-0.39, 0.29) is 10.7 Å². The molecule has 1 aromatic carbocycles. The SMILES string of the molecule is O=S(=O)(Nc1ccon1)c1ccccc1Br. The summed E-state index contributed by atoms with van der Waals surface area (Å²) in [5.41, 5.74) is 0. The van der Waals surface area contributed by atoms with Crippen LogP contribution in [-0.4, -0.2) is 13.6 Å². The van der Waals surface area contributed by atoms with Gasteiger partial charge in [0.15, 0.2) is 5.82 Å². The summed E-state index contributed by atoms with van der Waals surface area (Å²) in [6.45, 7) is 0. The maximum absolute atomic E-state index is 11.9. The number of aromatic nitrogens is 1. The maximum atomic E-state index is 11.9. The molecule has 0 saturated heterocycles. The van der Waals surface area contributed by atoms with Gasteiger partial charge in [0.25, 0.3) is 10.0 Å². The number of benzene rings is 1. The molecule has 0 fully saturated rings. The van der Waals surface area contributed by atoms with Crippen molar-refractivity contribution in [2.45, 2.75) is 4.90 Å². The van der Waals surface area contributed by atoms with Crippen LogP contribution in [0.5, 0.6) is 0 Å². The minimum Gasteiger partial charge on any atom is -0.363 e. The molecule has 0 spiro atoms. The second-order valence-corrected chi connectivity index (χ2v) is 5.43. The molecule has 0 atom stereocenters. The lowest BCUT2D eigenvalue weighted by molar-refractivity contribution is 0.423. The van der Waals surface area contributed by atoms with Gasteiger partial charge in [-0.2, -0.15) is 0 Å². The third-order valence-corrected chi connectivity index (χ3v) is 4.17. The molecule has 0 unspecified atom stereocenters. The second-order valence-electron chi connectivity index (χ2n) is 2.92. The number of halogens is 1. The Hall–Kier alpha value is -1.34. The molecule has 0 radical (unpaired) electrons. The van der Waals surface area contributed by atoms with Crippen molar-refractivity contribution < 1.29 is 12.9 Å². The molecule has 1 aromatic heterocycles. The van der Waals surface area contributed by atoms with Crippen molar-refractivity contribution in [1.82, 2.24) is 5.16 Å². The summed E-state index contributed by atoms with van der Waals surface area (Å²) in [6.07, 6.45) is 1.29. The Morgan fingerprint density at radius 1 is 1.25 bits per heavy atom. The first-order chi connectivity index (χ1) is 7.59. The highest BCUT2D eigenvalue weighted by atomic mass is 79.9.